The number of rotatable bonds is 1. The number of hydrogen-bond acceptors (Lipinski definition) is 1. The van der Waals surface area contributed by atoms with Crippen molar-refractivity contribution in [2.24, 2.45) is 5.92 Å². The Morgan fingerprint density at radius 1 is 1.40 bits per heavy atom. The molecule has 15 heavy (non-hydrogen) atoms. The molecule has 0 unspecified atom stereocenters. The highest BCUT2D eigenvalue weighted by atomic mass is 35.5. The molecule has 0 bridgehead atoms. The van der Waals surface area contributed by atoms with Crippen molar-refractivity contribution in [1.82, 2.24) is 0 Å². The van der Waals surface area contributed by atoms with Crippen molar-refractivity contribution in [2.45, 2.75) is 13.8 Å². The van der Waals surface area contributed by atoms with E-state index in [1.807, 2.05) is 26.0 Å². The molecule has 0 spiro atoms. The summed E-state index contributed by atoms with van der Waals surface area (Å²) in [6, 6.07) is 5.45. The summed E-state index contributed by atoms with van der Waals surface area (Å²) < 4.78 is 0. The molecule has 3 heteroatoms. The molecule has 0 fully saturated rings. The molecule has 0 saturated carbocycles. The van der Waals surface area contributed by atoms with Gasteiger partial charge in [0, 0.05) is 16.2 Å². The van der Waals surface area contributed by atoms with Gasteiger partial charge in [-0.25, -0.2) is 0 Å². The summed E-state index contributed by atoms with van der Waals surface area (Å²) in [6.07, 6.45) is 1.97. The number of hydrogen-bond donors (Lipinski definition) is 1. The fourth-order valence-electron chi connectivity index (χ4n) is 1.67. The Bertz CT molecular complexity index is 449. The van der Waals surface area contributed by atoms with Gasteiger partial charge >= 0.3 is 0 Å². The zero-order chi connectivity index (χ0) is 11.0. The van der Waals surface area contributed by atoms with Crippen LogP contribution in [0, 0.1) is 5.92 Å². The lowest BCUT2D eigenvalue weighted by Crippen LogP contribution is -2.04. The van der Waals surface area contributed by atoms with Crippen LogP contribution in [-0.4, -0.2) is 5.91 Å². The first-order chi connectivity index (χ1) is 7.08. The first kappa shape index (κ1) is 10.2. The second-order valence-corrected chi connectivity index (χ2v) is 4.40. The van der Waals surface area contributed by atoms with E-state index in [2.05, 4.69) is 5.32 Å². The topological polar surface area (TPSA) is 29.1 Å². The average Bonchev–Trinajstić information content (AvgIpc) is 2.41. The maximum atomic E-state index is 11.7. The Balaban J connectivity index is 2.51. The van der Waals surface area contributed by atoms with Gasteiger partial charge in [-0.15, -0.1) is 0 Å². The van der Waals surface area contributed by atoms with Crippen LogP contribution >= 0.6 is 11.6 Å². The third kappa shape index (κ3) is 1.90. The highest BCUT2D eigenvalue weighted by molar-refractivity contribution is 6.34. The molecule has 0 atom stereocenters. The van der Waals surface area contributed by atoms with Crippen LogP contribution in [0.1, 0.15) is 19.4 Å². The van der Waals surface area contributed by atoms with Crippen molar-refractivity contribution in [3.8, 4) is 0 Å². The zero-order valence-corrected chi connectivity index (χ0v) is 9.43. The number of allylic oxidation sites excluding steroid dienone is 1. The van der Waals surface area contributed by atoms with Crippen LogP contribution in [0.2, 0.25) is 5.02 Å². The van der Waals surface area contributed by atoms with Crippen molar-refractivity contribution < 1.29 is 4.79 Å². The van der Waals surface area contributed by atoms with Crippen molar-refractivity contribution >= 4 is 28.8 Å². The lowest BCUT2D eigenvalue weighted by molar-refractivity contribution is -0.110. The second-order valence-electron chi connectivity index (χ2n) is 3.97. The van der Waals surface area contributed by atoms with Crippen LogP contribution in [0.4, 0.5) is 5.69 Å². The van der Waals surface area contributed by atoms with E-state index in [9.17, 15) is 4.79 Å². The number of benzene rings is 1. The standard InChI is InChI=1S/C12H12ClNO/c1-7(2)5-10-9-4-3-8(13)6-11(9)14-12(10)15/h3-7H,1-2H3,(H,14,15)/b10-5+. The third-order valence-corrected chi connectivity index (χ3v) is 2.50. The number of carbonyl (C=O) groups is 1. The molecule has 0 radical (unpaired) electrons. The molecule has 2 rings (SSSR count). The Kier molecular flexibility index (Phi) is 2.53. The largest absolute Gasteiger partial charge is 0.321 e. The Morgan fingerprint density at radius 2 is 2.13 bits per heavy atom. The molecule has 1 aromatic rings. The molecule has 1 aromatic carbocycles. The van der Waals surface area contributed by atoms with Crippen LogP contribution in [0.5, 0.6) is 0 Å². The van der Waals surface area contributed by atoms with Gasteiger partial charge in [0.2, 0.25) is 0 Å². The van der Waals surface area contributed by atoms with E-state index in [1.54, 1.807) is 12.1 Å². The van der Waals surface area contributed by atoms with E-state index >= 15 is 0 Å². The van der Waals surface area contributed by atoms with E-state index in [-0.39, 0.29) is 5.91 Å². The molecule has 1 heterocycles. The van der Waals surface area contributed by atoms with E-state index in [0.29, 0.717) is 10.9 Å². The molecule has 0 saturated heterocycles. The molecule has 1 N–H and O–H groups in total. The first-order valence-electron chi connectivity index (χ1n) is 4.91. The predicted molar refractivity (Wildman–Crippen MR) is 62.9 cm³/mol. The highest BCUT2D eigenvalue weighted by Gasteiger charge is 2.23. The molecule has 1 aliphatic rings. The average molecular weight is 222 g/mol. The van der Waals surface area contributed by atoms with Crippen LogP contribution in [0.25, 0.3) is 5.57 Å². The summed E-state index contributed by atoms with van der Waals surface area (Å²) in [5.74, 6) is 0.313. The molecular formula is C12H12ClNO. The zero-order valence-electron chi connectivity index (χ0n) is 8.67. The van der Waals surface area contributed by atoms with Crippen molar-refractivity contribution in [3.05, 3.63) is 34.9 Å². The minimum atomic E-state index is -0.0408. The molecule has 2 nitrogen and oxygen atoms in total. The maximum Gasteiger partial charge on any atom is 0.256 e. The van der Waals surface area contributed by atoms with E-state index in [0.717, 1.165) is 16.8 Å². The fraction of sp³-hybridized carbons (Fsp3) is 0.250. The highest BCUT2D eigenvalue weighted by Crippen LogP contribution is 2.34. The lowest BCUT2D eigenvalue weighted by Gasteiger charge is -2.00. The van der Waals surface area contributed by atoms with Crippen molar-refractivity contribution in [1.29, 1.82) is 0 Å². The van der Waals surface area contributed by atoms with Gasteiger partial charge in [-0.3, -0.25) is 4.79 Å². The summed E-state index contributed by atoms with van der Waals surface area (Å²) in [6.45, 7) is 4.10. The minimum Gasteiger partial charge on any atom is -0.321 e. The normalized spacial score (nSPS) is 17.1. The second kappa shape index (κ2) is 3.70. The van der Waals surface area contributed by atoms with Crippen LogP contribution in [0.15, 0.2) is 24.3 Å². The van der Waals surface area contributed by atoms with Crippen LogP contribution in [0.3, 0.4) is 0 Å². The summed E-state index contributed by atoms with van der Waals surface area (Å²) >= 11 is 5.85. The number of nitrogens with one attached hydrogen (secondary N) is 1. The first-order valence-corrected chi connectivity index (χ1v) is 5.29. The van der Waals surface area contributed by atoms with Crippen molar-refractivity contribution in [2.75, 3.05) is 5.32 Å². The van der Waals surface area contributed by atoms with Crippen LogP contribution in [-0.2, 0) is 4.79 Å². The van der Waals surface area contributed by atoms with E-state index in [4.69, 9.17) is 11.6 Å². The van der Waals surface area contributed by atoms with Gasteiger partial charge in [-0.2, -0.15) is 0 Å². The van der Waals surface area contributed by atoms with Gasteiger partial charge in [0.05, 0.1) is 5.69 Å². The van der Waals surface area contributed by atoms with Gasteiger partial charge in [0.25, 0.3) is 5.91 Å². The molecule has 1 amide bonds. The number of carbonyl (C=O) groups excluding carboxylic acids is 1. The van der Waals surface area contributed by atoms with E-state index in [1.165, 1.54) is 0 Å². The fourth-order valence-corrected chi connectivity index (χ4v) is 1.84. The van der Waals surface area contributed by atoms with Gasteiger partial charge in [0.15, 0.2) is 0 Å². The molecule has 0 aliphatic carbocycles. The van der Waals surface area contributed by atoms with E-state index < -0.39 is 0 Å². The van der Waals surface area contributed by atoms with Crippen LogP contribution < -0.4 is 5.32 Å². The smallest absolute Gasteiger partial charge is 0.256 e. The van der Waals surface area contributed by atoms with Crippen molar-refractivity contribution in [3.63, 3.8) is 0 Å². The Morgan fingerprint density at radius 3 is 2.80 bits per heavy atom. The lowest BCUT2D eigenvalue weighted by atomic mass is 10.0. The summed E-state index contributed by atoms with van der Waals surface area (Å²) in [5, 5.41) is 3.44. The molecule has 1 aliphatic heterocycles. The molecular weight excluding hydrogens is 210 g/mol. The maximum absolute atomic E-state index is 11.7. The Hall–Kier alpha value is -1.28. The van der Waals surface area contributed by atoms with Gasteiger partial charge in [-0.1, -0.05) is 37.6 Å². The SMILES string of the molecule is CC(C)/C=C1/C(=O)Nc2cc(Cl)ccc21. The number of anilines is 1. The number of amides is 1. The number of halogens is 1. The summed E-state index contributed by atoms with van der Waals surface area (Å²) in [4.78, 5) is 11.7. The molecule has 78 valence electrons. The monoisotopic (exact) mass is 221 g/mol. The van der Waals surface area contributed by atoms with Gasteiger partial charge in [0.1, 0.15) is 0 Å². The third-order valence-electron chi connectivity index (χ3n) is 2.26. The quantitative estimate of drug-likeness (QED) is 0.725. The molecule has 0 aromatic heterocycles. The minimum absolute atomic E-state index is 0.0408. The van der Waals surface area contributed by atoms with Gasteiger partial charge in [-0.05, 0) is 18.1 Å². The van der Waals surface area contributed by atoms with Gasteiger partial charge < -0.3 is 5.32 Å². The summed E-state index contributed by atoms with van der Waals surface area (Å²) in [7, 11) is 0. The summed E-state index contributed by atoms with van der Waals surface area (Å²) in [5.41, 5.74) is 2.49. The predicted octanol–water partition coefficient (Wildman–Crippen LogP) is 3.33. The Labute approximate surface area is 93.9 Å². The number of fused-ring (bicyclic) bond motifs is 1.